The second kappa shape index (κ2) is 14.9. The van der Waals surface area contributed by atoms with Crippen molar-refractivity contribution in [2.45, 2.75) is 41.8 Å². The van der Waals surface area contributed by atoms with Crippen molar-refractivity contribution >= 4 is 50.4 Å². The molecule has 0 saturated carbocycles. The third kappa shape index (κ3) is 7.75. The summed E-state index contributed by atoms with van der Waals surface area (Å²) in [4.78, 5) is 16.3. The molecule has 0 fully saturated rings. The first kappa shape index (κ1) is 33.3. The fourth-order valence-corrected chi connectivity index (χ4v) is 6.92. The molecule has 11 heteroatoms. The van der Waals surface area contributed by atoms with Crippen LogP contribution in [-0.4, -0.2) is 78.4 Å². The summed E-state index contributed by atoms with van der Waals surface area (Å²) in [6.07, 6.45) is 0.384. The highest BCUT2D eigenvalue weighted by atomic mass is 79.9. The summed E-state index contributed by atoms with van der Waals surface area (Å²) in [6.45, 7) is 4.83. The molecule has 0 amide bonds. The van der Waals surface area contributed by atoms with Crippen LogP contribution < -0.4 is 14.2 Å². The lowest BCUT2D eigenvalue weighted by molar-refractivity contribution is 0.00317. The Morgan fingerprint density at radius 2 is 1.49 bits per heavy atom. The zero-order chi connectivity index (χ0) is 31.1. The number of rotatable bonds is 14. The number of nitrogens with zero attached hydrogens (tertiary/aromatic N) is 4. The normalized spacial score (nSPS) is 13.6. The predicted octanol–water partition coefficient (Wildman–Crippen LogP) is 7.01. The highest BCUT2D eigenvalue weighted by molar-refractivity contribution is 9.10. The molecule has 4 aromatic rings. The first-order chi connectivity index (χ1) is 20.6. The third-order valence-corrected chi connectivity index (χ3v) is 9.19. The first-order valence-electron chi connectivity index (χ1n) is 14.0. The lowest BCUT2D eigenvalue weighted by Gasteiger charge is -2.39. The monoisotopic (exact) mass is 686 g/mol. The molecule has 4 rings (SSSR count). The summed E-state index contributed by atoms with van der Waals surface area (Å²) in [5.41, 5.74) is 1.62. The van der Waals surface area contributed by atoms with Crippen molar-refractivity contribution in [2.24, 2.45) is 0 Å². The van der Waals surface area contributed by atoms with Crippen LogP contribution in [0.4, 0.5) is 0 Å². The fourth-order valence-electron chi connectivity index (χ4n) is 5.13. The minimum absolute atomic E-state index is 0.350. The maximum absolute atomic E-state index is 13.2. The van der Waals surface area contributed by atoms with E-state index in [1.54, 1.807) is 57.0 Å². The number of pyridine rings is 3. The molecule has 0 spiro atoms. The van der Waals surface area contributed by atoms with Crippen LogP contribution in [0, 0.1) is 0 Å². The number of aliphatic hydroxyl groups is 1. The van der Waals surface area contributed by atoms with Gasteiger partial charge in [0.2, 0.25) is 17.6 Å². The van der Waals surface area contributed by atoms with Gasteiger partial charge in [-0.1, -0.05) is 29.8 Å². The van der Waals surface area contributed by atoms with Crippen molar-refractivity contribution in [1.82, 2.24) is 19.9 Å². The molecule has 1 N–H and O–H groups in total. The van der Waals surface area contributed by atoms with Gasteiger partial charge in [0.15, 0.2) is 0 Å². The maximum atomic E-state index is 13.2. The van der Waals surface area contributed by atoms with Gasteiger partial charge in [-0.25, -0.2) is 9.97 Å². The molecular weight excluding hydrogens is 648 g/mol. The van der Waals surface area contributed by atoms with E-state index in [-0.39, 0.29) is 0 Å². The summed E-state index contributed by atoms with van der Waals surface area (Å²) < 4.78 is 18.0. The molecule has 0 aliphatic rings. The molecule has 0 bridgehead atoms. The van der Waals surface area contributed by atoms with E-state index in [4.69, 9.17) is 24.2 Å². The number of methoxy groups -OCH3 is 3. The SMILES string of the molecule is CCSc1cc([C@H](c2cc3cc(Br)ccc3nc2OC)[C@@](O)(CCN(C)C)c2cc(OC)nc(OC)c2)cc(SCC)n1. The minimum atomic E-state index is -1.47. The smallest absolute Gasteiger partial charge is 0.217 e. The third-order valence-electron chi connectivity index (χ3n) is 7.11. The maximum Gasteiger partial charge on any atom is 0.217 e. The molecule has 43 heavy (non-hydrogen) atoms. The van der Waals surface area contributed by atoms with E-state index in [1.165, 1.54) is 0 Å². The first-order valence-corrected chi connectivity index (χ1v) is 16.8. The number of ether oxygens (including phenoxy) is 3. The summed E-state index contributed by atoms with van der Waals surface area (Å²) in [7, 11) is 8.73. The van der Waals surface area contributed by atoms with Crippen LogP contribution in [-0.2, 0) is 5.60 Å². The Balaban J connectivity index is 2.12. The second-order valence-electron chi connectivity index (χ2n) is 10.2. The average Bonchev–Trinajstić information content (AvgIpc) is 2.99. The number of hydrogen-bond acceptors (Lipinski definition) is 10. The summed E-state index contributed by atoms with van der Waals surface area (Å²) in [5.74, 6) is 2.28. The van der Waals surface area contributed by atoms with Gasteiger partial charge in [0, 0.05) is 40.0 Å². The van der Waals surface area contributed by atoms with Gasteiger partial charge >= 0.3 is 0 Å². The summed E-state index contributed by atoms with van der Waals surface area (Å²) in [6, 6.07) is 15.8. The van der Waals surface area contributed by atoms with Crippen LogP contribution in [0.1, 0.15) is 42.9 Å². The van der Waals surface area contributed by atoms with Gasteiger partial charge in [-0.3, -0.25) is 0 Å². The number of hydrogen-bond donors (Lipinski definition) is 1. The Hall–Kier alpha value is -2.57. The van der Waals surface area contributed by atoms with Crippen molar-refractivity contribution in [1.29, 1.82) is 0 Å². The predicted molar refractivity (Wildman–Crippen MR) is 179 cm³/mol. The molecule has 3 aromatic heterocycles. The van der Waals surface area contributed by atoms with Gasteiger partial charge in [-0.2, -0.15) is 4.98 Å². The van der Waals surface area contributed by atoms with E-state index in [1.807, 2.05) is 32.3 Å². The van der Waals surface area contributed by atoms with Gasteiger partial charge in [0.25, 0.3) is 0 Å². The number of fused-ring (bicyclic) bond motifs is 1. The Morgan fingerprint density at radius 3 is 2.02 bits per heavy atom. The van der Waals surface area contributed by atoms with Crippen molar-refractivity contribution in [3.8, 4) is 17.6 Å². The molecule has 1 aromatic carbocycles. The van der Waals surface area contributed by atoms with Crippen LogP contribution >= 0.6 is 39.5 Å². The van der Waals surface area contributed by atoms with E-state index in [2.05, 4.69) is 57.9 Å². The molecule has 0 aliphatic heterocycles. The van der Waals surface area contributed by atoms with E-state index < -0.39 is 11.5 Å². The van der Waals surface area contributed by atoms with E-state index >= 15 is 0 Å². The van der Waals surface area contributed by atoms with Crippen molar-refractivity contribution in [2.75, 3.05) is 53.5 Å². The topological polar surface area (TPSA) is 89.8 Å². The lowest BCUT2D eigenvalue weighted by atomic mass is 9.72. The molecule has 8 nitrogen and oxygen atoms in total. The van der Waals surface area contributed by atoms with E-state index in [9.17, 15) is 5.11 Å². The highest BCUT2D eigenvalue weighted by Crippen LogP contribution is 2.49. The molecule has 0 unspecified atom stereocenters. The van der Waals surface area contributed by atoms with Crippen LogP contribution in [0.15, 0.2) is 63.1 Å². The van der Waals surface area contributed by atoms with Crippen LogP contribution in [0.5, 0.6) is 17.6 Å². The Morgan fingerprint density at radius 1 is 0.860 bits per heavy atom. The van der Waals surface area contributed by atoms with E-state index in [0.717, 1.165) is 48.1 Å². The molecule has 3 heterocycles. The van der Waals surface area contributed by atoms with Gasteiger partial charge in [-0.15, -0.1) is 23.5 Å². The molecular formula is C32H39BrN4O4S2. The zero-order valence-corrected chi connectivity index (χ0v) is 28.9. The fraction of sp³-hybridized carbons (Fsp3) is 0.406. The van der Waals surface area contributed by atoms with Crippen LogP contribution in [0.2, 0.25) is 0 Å². The van der Waals surface area contributed by atoms with Gasteiger partial charge < -0.3 is 24.2 Å². The molecule has 2 atom stereocenters. The van der Waals surface area contributed by atoms with Gasteiger partial charge in [-0.05, 0) is 79.5 Å². The van der Waals surface area contributed by atoms with Gasteiger partial charge in [0.1, 0.15) is 5.60 Å². The summed E-state index contributed by atoms with van der Waals surface area (Å²) in [5, 5.41) is 16.0. The highest BCUT2D eigenvalue weighted by Gasteiger charge is 2.43. The zero-order valence-electron chi connectivity index (χ0n) is 25.7. The van der Waals surface area contributed by atoms with Crippen molar-refractivity contribution < 1.29 is 19.3 Å². The summed E-state index contributed by atoms with van der Waals surface area (Å²) >= 11 is 6.97. The number of thioether (sulfide) groups is 2. The minimum Gasteiger partial charge on any atom is -0.481 e. The molecule has 0 saturated heterocycles. The number of halogens is 1. The lowest BCUT2D eigenvalue weighted by Crippen LogP contribution is -2.38. The van der Waals surface area contributed by atoms with Crippen LogP contribution in [0.25, 0.3) is 10.9 Å². The van der Waals surface area contributed by atoms with Crippen molar-refractivity contribution in [3.63, 3.8) is 0 Å². The van der Waals surface area contributed by atoms with E-state index in [0.29, 0.717) is 36.2 Å². The largest absolute Gasteiger partial charge is 0.481 e. The van der Waals surface area contributed by atoms with Crippen LogP contribution in [0.3, 0.4) is 0 Å². The van der Waals surface area contributed by atoms with Gasteiger partial charge in [0.05, 0.1) is 36.9 Å². The standard InChI is InChI=1S/C32H39BrN4O4S2/c1-8-42-28-16-21(17-29(36-28)43-9-2)30(24-15-20-14-23(33)10-11-25(20)34-31(24)41-7)32(38,12-13-37(3)4)22-18-26(39-5)35-27(19-22)40-6/h10-11,14-19,30,38H,8-9,12-13H2,1-7H3/t30-,32-/m1/s1. The average molecular weight is 688 g/mol. The quantitative estimate of drug-likeness (QED) is 0.140. The van der Waals surface area contributed by atoms with Crippen molar-refractivity contribution in [3.05, 3.63) is 69.7 Å². The molecule has 230 valence electrons. The molecule has 0 radical (unpaired) electrons. The Kier molecular flexibility index (Phi) is 11.6. The second-order valence-corrected chi connectivity index (χ2v) is 13.7. The Bertz CT molecular complexity index is 1510. The number of benzene rings is 1. The number of aromatic nitrogens is 3. The Labute approximate surface area is 271 Å². The molecule has 0 aliphatic carbocycles.